The minimum absolute atomic E-state index is 0.248. The van der Waals surface area contributed by atoms with Gasteiger partial charge in [0.15, 0.2) is 0 Å². The summed E-state index contributed by atoms with van der Waals surface area (Å²) in [6.45, 7) is 12.4. The quantitative estimate of drug-likeness (QED) is 0.153. The van der Waals surface area contributed by atoms with E-state index in [1.165, 1.54) is 22.3 Å². The highest BCUT2D eigenvalue weighted by atomic mass is 16.2. The van der Waals surface area contributed by atoms with E-state index >= 15 is 0 Å². The molecule has 0 radical (unpaired) electrons. The zero-order chi connectivity index (χ0) is 28.7. The normalized spacial score (nSPS) is 11.3. The molecular formula is C34H46N4O2. The van der Waals surface area contributed by atoms with Gasteiger partial charge in [-0.25, -0.2) is 0 Å². The van der Waals surface area contributed by atoms with Crippen molar-refractivity contribution < 1.29 is 9.59 Å². The Morgan fingerprint density at radius 1 is 0.550 bits per heavy atom. The molecule has 3 aromatic rings. The van der Waals surface area contributed by atoms with Gasteiger partial charge in [0.1, 0.15) is 5.92 Å². The fraction of sp³-hybridized carbons (Fsp3) is 0.412. The first-order valence-electron chi connectivity index (χ1n) is 14.5. The van der Waals surface area contributed by atoms with E-state index < -0.39 is 5.92 Å². The molecule has 6 nitrogen and oxygen atoms in total. The van der Waals surface area contributed by atoms with Gasteiger partial charge in [-0.2, -0.15) is 0 Å². The lowest BCUT2D eigenvalue weighted by atomic mass is 9.97. The van der Waals surface area contributed by atoms with Crippen molar-refractivity contribution in [3.63, 3.8) is 0 Å². The smallest absolute Gasteiger partial charge is 0.232 e. The molecule has 0 aromatic heterocycles. The monoisotopic (exact) mass is 542 g/mol. The molecule has 0 atom stereocenters. The molecule has 0 saturated carbocycles. The van der Waals surface area contributed by atoms with Crippen molar-refractivity contribution in [3.05, 3.63) is 107 Å². The SMILES string of the molecule is CC(C)c1ccc(CNCCNC(=O)C(Cc2ccccc2)C(=O)NCCNCc2ccc(C(C)C)cc2)cc1. The topological polar surface area (TPSA) is 82.3 Å². The van der Waals surface area contributed by atoms with Crippen molar-refractivity contribution in [2.24, 2.45) is 5.92 Å². The molecule has 0 unspecified atom stereocenters. The fourth-order valence-corrected chi connectivity index (χ4v) is 4.46. The molecule has 0 bridgehead atoms. The number of rotatable bonds is 16. The predicted octanol–water partition coefficient (Wildman–Crippen LogP) is 4.90. The van der Waals surface area contributed by atoms with Gasteiger partial charge in [0.25, 0.3) is 0 Å². The average Bonchev–Trinajstić information content (AvgIpc) is 2.96. The Bertz CT molecular complexity index is 1090. The Balaban J connectivity index is 1.42. The summed E-state index contributed by atoms with van der Waals surface area (Å²) in [5.41, 5.74) is 6.03. The van der Waals surface area contributed by atoms with Crippen LogP contribution in [0.15, 0.2) is 78.9 Å². The minimum atomic E-state index is -0.783. The van der Waals surface area contributed by atoms with Crippen molar-refractivity contribution >= 4 is 11.8 Å². The predicted molar refractivity (Wildman–Crippen MR) is 164 cm³/mol. The minimum Gasteiger partial charge on any atom is -0.354 e. The Morgan fingerprint density at radius 2 is 0.975 bits per heavy atom. The van der Waals surface area contributed by atoms with Crippen LogP contribution < -0.4 is 21.3 Å². The van der Waals surface area contributed by atoms with Gasteiger partial charge in [-0.15, -0.1) is 0 Å². The third kappa shape index (κ3) is 10.6. The zero-order valence-corrected chi connectivity index (χ0v) is 24.5. The van der Waals surface area contributed by atoms with Crippen molar-refractivity contribution in [3.8, 4) is 0 Å². The maximum Gasteiger partial charge on any atom is 0.232 e. The summed E-state index contributed by atoms with van der Waals surface area (Å²) < 4.78 is 0. The lowest BCUT2D eigenvalue weighted by Gasteiger charge is -2.17. The van der Waals surface area contributed by atoms with E-state index in [4.69, 9.17) is 0 Å². The van der Waals surface area contributed by atoms with Crippen LogP contribution in [0.5, 0.6) is 0 Å². The van der Waals surface area contributed by atoms with Crippen LogP contribution in [0, 0.1) is 5.92 Å². The average molecular weight is 543 g/mol. The van der Waals surface area contributed by atoms with Gasteiger partial charge in [-0.1, -0.05) is 107 Å². The first-order chi connectivity index (χ1) is 19.3. The Labute approximate surface area is 240 Å². The summed E-state index contributed by atoms with van der Waals surface area (Å²) in [6.07, 6.45) is 0.365. The molecule has 0 aliphatic rings. The van der Waals surface area contributed by atoms with Crippen LogP contribution in [0.3, 0.4) is 0 Å². The van der Waals surface area contributed by atoms with E-state index in [0.717, 1.165) is 18.7 Å². The molecule has 0 fully saturated rings. The molecular weight excluding hydrogens is 496 g/mol. The Morgan fingerprint density at radius 3 is 1.38 bits per heavy atom. The number of nitrogens with one attached hydrogen (secondary N) is 4. The van der Waals surface area contributed by atoms with Crippen molar-refractivity contribution in [2.75, 3.05) is 26.2 Å². The van der Waals surface area contributed by atoms with Gasteiger partial charge in [0, 0.05) is 39.3 Å². The second-order valence-corrected chi connectivity index (χ2v) is 11.0. The fourth-order valence-electron chi connectivity index (χ4n) is 4.46. The first-order valence-corrected chi connectivity index (χ1v) is 14.5. The van der Waals surface area contributed by atoms with E-state index in [2.05, 4.69) is 97.5 Å². The third-order valence-corrected chi connectivity index (χ3v) is 7.07. The van der Waals surface area contributed by atoms with Crippen molar-refractivity contribution in [1.82, 2.24) is 21.3 Å². The molecule has 4 N–H and O–H groups in total. The maximum absolute atomic E-state index is 13.1. The van der Waals surface area contributed by atoms with Gasteiger partial charge >= 0.3 is 0 Å². The molecule has 6 heteroatoms. The number of hydrogen-bond donors (Lipinski definition) is 4. The van der Waals surface area contributed by atoms with E-state index in [1.54, 1.807) is 0 Å². The van der Waals surface area contributed by atoms with E-state index in [0.29, 0.717) is 44.4 Å². The van der Waals surface area contributed by atoms with Crippen LogP contribution in [-0.4, -0.2) is 38.0 Å². The van der Waals surface area contributed by atoms with Gasteiger partial charge < -0.3 is 21.3 Å². The number of carbonyl (C=O) groups is 2. The summed E-state index contributed by atoms with van der Waals surface area (Å²) in [4.78, 5) is 26.1. The summed E-state index contributed by atoms with van der Waals surface area (Å²) in [7, 11) is 0. The number of benzene rings is 3. The summed E-state index contributed by atoms with van der Waals surface area (Å²) in [6, 6.07) is 26.9. The number of amides is 2. The molecule has 214 valence electrons. The number of hydrogen-bond acceptors (Lipinski definition) is 4. The molecule has 0 aliphatic heterocycles. The third-order valence-electron chi connectivity index (χ3n) is 7.07. The lowest BCUT2D eigenvalue weighted by Crippen LogP contribution is -2.45. The van der Waals surface area contributed by atoms with Gasteiger partial charge in [-0.05, 0) is 46.1 Å². The maximum atomic E-state index is 13.1. The second kappa shape index (κ2) is 16.6. The standard InChI is InChI=1S/C34H46N4O2/c1-25(2)30-14-10-28(11-15-30)23-35-18-20-37-33(39)32(22-27-8-6-5-7-9-27)34(40)38-21-19-36-24-29-12-16-31(17-13-29)26(3)4/h5-17,25-26,32,35-36H,18-24H2,1-4H3,(H,37,39)(H,38,40). The van der Waals surface area contributed by atoms with Crippen LogP contribution in [0.1, 0.15) is 67.3 Å². The van der Waals surface area contributed by atoms with Crippen LogP contribution in [-0.2, 0) is 29.1 Å². The Hall–Kier alpha value is -3.48. The van der Waals surface area contributed by atoms with Gasteiger partial charge in [0.05, 0.1) is 0 Å². The molecule has 40 heavy (non-hydrogen) atoms. The molecule has 0 saturated heterocycles. The van der Waals surface area contributed by atoms with Crippen LogP contribution >= 0.6 is 0 Å². The molecule has 3 rings (SSSR count). The summed E-state index contributed by atoms with van der Waals surface area (Å²) >= 11 is 0. The van der Waals surface area contributed by atoms with Gasteiger partial charge in [-0.3, -0.25) is 9.59 Å². The number of carbonyl (C=O) groups excluding carboxylic acids is 2. The first kappa shape index (κ1) is 31.1. The molecule has 0 spiro atoms. The van der Waals surface area contributed by atoms with Gasteiger partial charge in [0.2, 0.25) is 11.8 Å². The highest BCUT2D eigenvalue weighted by molar-refractivity contribution is 6.00. The molecule has 0 aliphatic carbocycles. The Kier molecular flexibility index (Phi) is 12.9. The lowest BCUT2D eigenvalue weighted by molar-refractivity contribution is -0.135. The molecule has 3 aromatic carbocycles. The summed E-state index contributed by atoms with van der Waals surface area (Å²) in [5.74, 6) is -0.246. The van der Waals surface area contributed by atoms with E-state index in [-0.39, 0.29) is 11.8 Å². The zero-order valence-electron chi connectivity index (χ0n) is 24.5. The largest absolute Gasteiger partial charge is 0.354 e. The van der Waals surface area contributed by atoms with Crippen LogP contribution in [0.2, 0.25) is 0 Å². The highest BCUT2D eigenvalue weighted by Crippen LogP contribution is 2.15. The highest BCUT2D eigenvalue weighted by Gasteiger charge is 2.26. The molecule has 2 amide bonds. The van der Waals surface area contributed by atoms with Crippen molar-refractivity contribution in [1.29, 1.82) is 0 Å². The van der Waals surface area contributed by atoms with E-state index in [9.17, 15) is 9.59 Å². The second-order valence-electron chi connectivity index (χ2n) is 11.0. The van der Waals surface area contributed by atoms with Crippen LogP contribution in [0.25, 0.3) is 0 Å². The summed E-state index contributed by atoms with van der Waals surface area (Å²) in [5, 5.41) is 12.6. The molecule has 0 heterocycles. The van der Waals surface area contributed by atoms with E-state index in [1.807, 2.05) is 30.3 Å². The van der Waals surface area contributed by atoms with Crippen LogP contribution in [0.4, 0.5) is 0 Å². The van der Waals surface area contributed by atoms with Crippen molar-refractivity contribution in [2.45, 2.75) is 59.0 Å².